The molecule has 3 rings (SSSR count). The van der Waals surface area contributed by atoms with Crippen LogP contribution in [0.2, 0.25) is 15.1 Å². The summed E-state index contributed by atoms with van der Waals surface area (Å²) in [5.74, 6) is -0.0937. The highest BCUT2D eigenvalue weighted by Crippen LogP contribution is 2.41. The van der Waals surface area contributed by atoms with E-state index in [1.54, 1.807) is 0 Å². The highest BCUT2D eigenvalue weighted by Gasteiger charge is 2.23. The highest BCUT2D eigenvalue weighted by atomic mass is 35.5. The van der Waals surface area contributed by atoms with Gasteiger partial charge in [0.15, 0.2) is 0 Å². The molecule has 0 aromatic heterocycles. The van der Waals surface area contributed by atoms with Gasteiger partial charge in [0.2, 0.25) is 0 Å². The average Bonchev–Trinajstić information content (AvgIpc) is 2.79. The second kappa shape index (κ2) is 11.3. The number of hydrogen-bond acceptors (Lipinski definition) is 2. The molecule has 0 fully saturated rings. The molecule has 0 atom stereocenters. The zero-order valence-electron chi connectivity index (χ0n) is 19.2. The van der Waals surface area contributed by atoms with E-state index in [0.717, 1.165) is 64.3 Å². The Hall–Kier alpha value is -1.87. The third-order valence-electron chi connectivity index (χ3n) is 6.05. The van der Waals surface area contributed by atoms with Crippen molar-refractivity contribution < 1.29 is 0 Å². The van der Waals surface area contributed by atoms with Crippen molar-refractivity contribution in [2.75, 3.05) is 36.0 Å². The molecule has 0 aliphatic rings. The number of halogens is 3. The minimum absolute atomic E-state index is 0.0937. The van der Waals surface area contributed by atoms with Gasteiger partial charge in [-0.1, -0.05) is 59.1 Å². The van der Waals surface area contributed by atoms with E-state index in [1.807, 2.05) is 12.1 Å². The van der Waals surface area contributed by atoms with Gasteiger partial charge in [0.1, 0.15) is 0 Å². The van der Waals surface area contributed by atoms with E-state index in [0.29, 0.717) is 5.02 Å². The molecule has 0 heterocycles. The van der Waals surface area contributed by atoms with Gasteiger partial charge >= 0.3 is 0 Å². The van der Waals surface area contributed by atoms with Crippen molar-refractivity contribution in [3.8, 4) is 0 Å². The first-order chi connectivity index (χ1) is 15.4. The monoisotopic (exact) mass is 488 g/mol. The molecule has 0 aliphatic carbocycles. The molecule has 0 saturated heterocycles. The molecular weight excluding hydrogens is 459 g/mol. The van der Waals surface area contributed by atoms with E-state index >= 15 is 0 Å². The van der Waals surface area contributed by atoms with Gasteiger partial charge in [0, 0.05) is 58.5 Å². The molecule has 3 aromatic carbocycles. The molecule has 0 radical (unpaired) electrons. The summed E-state index contributed by atoms with van der Waals surface area (Å²) >= 11 is 20.0. The molecule has 0 unspecified atom stereocenters. The van der Waals surface area contributed by atoms with Gasteiger partial charge < -0.3 is 9.80 Å². The average molecular weight is 490 g/mol. The van der Waals surface area contributed by atoms with Gasteiger partial charge in [-0.3, -0.25) is 0 Å². The SMILES string of the molecule is CCN(CC)c1ccc(C(c2ccc(Cl)cc2)c2ccc(N(CC)CC)cc2Cl)c(Cl)c1. The molecule has 2 nitrogen and oxygen atoms in total. The van der Waals surface area contributed by atoms with Crippen LogP contribution >= 0.6 is 34.8 Å². The Kier molecular flexibility index (Phi) is 8.76. The minimum Gasteiger partial charge on any atom is -0.372 e. The summed E-state index contributed by atoms with van der Waals surface area (Å²) in [6, 6.07) is 20.6. The standard InChI is InChI=1S/C27H31Cl3N2/c1-5-31(6-2)21-13-15-23(25(29)17-21)27(19-9-11-20(28)12-10-19)24-16-14-22(18-26(24)30)32(7-3)8-4/h9-18,27H,5-8H2,1-4H3. The van der Waals surface area contributed by atoms with Crippen molar-refractivity contribution >= 4 is 46.2 Å². The fraction of sp³-hybridized carbons (Fsp3) is 0.333. The smallest absolute Gasteiger partial charge is 0.0468 e. The first kappa shape index (κ1) is 24.8. The van der Waals surface area contributed by atoms with Crippen LogP contribution < -0.4 is 9.80 Å². The number of anilines is 2. The Morgan fingerprint density at radius 2 is 1.00 bits per heavy atom. The summed E-state index contributed by atoms with van der Waals surface area (Å²) in [6.45, 7) is 12.4. The molecule has 5 heteroatoms. The minimum atomic E-state index is -0.0937. The van der Waals surface area contributed by atoms with E-state index in [-0.39, 0.29) is 5.92 Å². The summed E-state index contributed by atoms with van der Waals surface area (Å²) in [5.41, 5.74) is 5.41. The van der Waals surface area contributed by atoms with Crippen LogP contribution in [-0.2, 0) is 0 Å². The summed E-state index contributed by atoms with van der Waals surface area (Å²) in [5, 5.41) is 2.18. The van der Waals surface area contributed by atoms with Crippen molar-refractivity contribution in [1.82, 2.24) is 0 Å². The quantitative estimate of drug-likeness (QED) is 0.278. The van der Waals surface area contributed by atoms with E-state index in [9.17, 15) is 0 Å². The zero-order chi connectivity index (χ0) is 23.3. The van der Waals surface area contributed by atoms with Crippen molar-refractivity contribution in [2.24, 2.45) is 0 Å². The zero-order valence-corrected chi connectivity index (χ0v) is 21.5. The molecule has 0 bridgehead atoms. The second-order valence-electron chi connectivity index (χ2n) is 7.74. The Labute approximate surface area is 207 Å². The first-order valence-electron chi connectivity index (χ1n) is 11.3. The Morgan fingerprint density at radius 3 is 1.34 bits per heavy atom. The fourth-order valence-electron chi connectivity index (χ4n) is 4.25. The number of nitrogens with zero attached hydrogens (tertiary/aromatic N) is 2. The van der Waals surface area contributed by atoms with Gasteiger partial charge in [-0.05, 0) is 80.8 Å². The third kappa shape index (κ3) is 5.36. The van der Waals surface area contributed by atoms with Crippen LogP contribution in [0.15, 0.2) is 60.7 Å². The van der Waals surface area contributed by atoms with Crippen molar-refractivity contribution in [1.29, 1.82) is 0 Å². The van der Waals surface area contributed by atoms with Crippen LogP contribution in [0.5, 0.6) is 0 Å². The van der Waals surface area contributed by atoms with E-state index in [4.69, 9.17) is 34.8 Å². The lowest BCUT2D eigenvalue weighted by molar-refractivity contribution is 0.862. The lowest BCUT2D eigenvalue weighted by Gasteiger charge is -2.26. The second-order valence-corrected chi connectivity index (χ2v) is 8.99. The summed E-state index contributed by atoms with van der Waals surface area (Å²) in [7, 11) is 0. The van der Waals surface area contributed by atoms with Crippen LogP contribution in [0.1, 0.15) is 50.3 Å². The molecule has 0 amide bonds. The first-order valence-corrected chi connectivity index (χ1v) is 12.4. The highest BCUT2D eigenvalue weighted by molar-refractivity contribution is 6.33. The normalized spacial score (nSPS) is 11.1. The number of hydrogen-bond donors (Lipinski definition) is 0. The van der Waals surface area contributed by atoms with E-state index in [2.05, 4.69) is 86.0 Å². The predicted octanol–water partition coefficient (Wildman–Crippen LogP) is 8.52. The molecule has 170 valence electrons. The van der Waals surface area contributed by atoms with Crippen LogP contribution in [0, 0.1) is 0 Å². The summed E-state index contributed by atoms with van der Waals surface area (Å²) in [6.07, 6.45) is 0. The Bertz CT molecular complexity index is 964. The number of benzene rings is 3. The third-order valence-corrected chi connectivity index (χ3v) is 6.96. The summed E-state index contributed by atoms with van der Waals surface area (Å²) < 4.78 is 0. The molecular formula is C27H31Cl3N2. The van der Waals surface area contributed by atoms with Crippen molar-refractivity contribution in [2.45, 2.75) is 33.6 Å². The lowest BCUT2D eigenvalue weighted by atomic mass is 9.84. The van der Waals surface area contributed by atoms with Gasteiger partial charge in [-0.15, -0.1) is 0 Å². The molecule has 0 N–H and O–H groups in total. The van der Waals surface area contributed by atoms with Crippen LogP contribution in [0.3, 0.4) is 0 Å². The van der Waals surface area contributed by atoms with E-state index < -0.39 is 0 Å². The largest absolute Gasteiger partial charge is 0.372 e. The van der Waals surface area contributed by atoms with Crippen LogP contribution in [0.4, 0.5) is 11.4 Å². The molecule has 3 aromatic rings. The van der Waals surface area contributed by atoms with Crippen LogP contribution in [-0.4, -0.2) is 26.2 Å². The Balaban J connectivity index is 2.13. The van der Waals surface area contributed by atoms with Gasteiger partial charge in [0.25, 0.3) is 0 Å². The van der Waals surface area contributed by atoms with Gasteiger partial charge in [0.05, 0.1) is 0 Å². The van der Waals surface area contributed by atoms with Crippen LogP contribution in [0.25, 0.3) is 0 Å². The lowest BCUT2D eigenvalue weighted by Crippen LogP contribution is -2.22. The van der Waals surface area contributed by atoms with Crippen molar-refractivity contribution in [3.05, 3.63) is 92.4 Å². The molecule has 0 spiro atoms. The predicted molar refractivity (Wildman–Crippen MR) is 142 cm³/mol. The fourth-order valence-corrected chi connectivity index (χ4v) is 4.95. The maximum atomic E-state index is 6.89. The topological polar surface area (TPSA) is 6.48 Å². The Morgan fingerprint density at radius 1 is 0.594 bits per heavy atom. The summed E-state index contributed by atoms with van der Waals surface area (Å²) in [4.78, 5) is 4.58. The number of rotatable bonds is 9. The molecule has 0 saturated carbocycles. The van der Waals surface area contributed by atoms with Gasteiger partial charge in [-0.25, -0.2) is 0 Å². The molecule has 0 aliphatic heterocycles. The van der Waals surface area contributed by atoms with E-state index in [1.165, 1.54) is 0 Å². The maximum absolute atomic E-state index is 6.89. The maximum Gasteiger partial charge on any atom is 0.0468 e. The van der Waals surface area contributed by atoms with Crippen molar-refractivity contribution in [3.63, 3.8) is 0 Å². The molecule has 32 heavy (non-hydrogen) atoms. The van der Waals surface area contributed by atoms with Gasteiger partial charge in [-0.2, -0.15) is 0 Å².